The summed E-state index contributed by atoms with van der Waals surface area (Å²) >= 11 is 0. The molecule has 0 radical (unpaired) electrons. The summed E-state index contributed by atoms with van der Waals surface area (Å²) < 4.78 is 1.83. The molecule has 1 N–H and O–H groups in total. The monoisotopic (exact) mass is 241 g/mol. The van der Waals surface area contributed by atoms with E-state index < -0.39 is 0 Å². The molecule has 0 amide bonds. The van der Waals surface area contributed by atoms with Gasteiger partial charge in [-0.05, 0) is 12.0 Å². The van der Waals surface area contributed by atoms with E-state index in [0.29, 0.717) is 5.84 Å². The van der Waals surface area contributed by atoms with Gasteiger partial charge in [0.2, 0.25) is 0 Å². The van der Waals surface area contributed by atoms with E-state index in [0.717, 1.165) is 31.6 Å². The molecular weight excluding hydrogens is 226 g/mol. The highest BCUT2D eigenvalue weighted by Gasteiger charge is 2.22. The Bertz CT molecular complexity index is 546. The minimum atomic E-state index is 0.643. The van der Waals surface area contributed by atoms with Crippen molar-refractivity contribution in [1.82, 2.24) is 19.9 Å². The van der Waals surface area contributed by atoms with Gasteiger partial charge < -0.3 is 4.90 Å². The van der Waals surface area contributed by atoms with E-state index in [4.69, 9.17) is 5.41 Å². The topological polar surface area (TPSA) is 57.8 Å². The molecule has 0 unspecified atom stereocenters. The number of hydrogen-bond acceptors (Lipinski definition) is 3. The van der Waals surface area contributed by atoms with Gasteiger partial charge in [-0.3, -0.25) is 10.1 Å². The van der Waals surface area contributed by atoms with Crippen molar-refractivity contribution in [3.63, 3.8) is 0 Å². The van der Waals surface area contributed by atoms with Crippen LogP contribution in [0.1, 0.15) is 17.5 Å². The van der Waals surface area contributed by atoms with Crippen LogP contribution in [0.15, 0.2) is 36.7 Å². The van der Waals surface area contributed by atoms with Crippen molar-refractivity contribution in [2.75, 3.05) is 6.54 Å². The zero-order chi connectivity index (χ0) is 12.4. The summed E-state index contributed by atoms with van der Waals surface area (Å²) in [5.41, 5.74) is 2.32. The summed E-state index contributed by atoms with van der Waals surface area (Å²) in [5, 5.41) is 15.8. The average Bonchev–Trinajstić information content (AvgIpc) is 3.00. The Labute approximate surface area is 106 Å². The molecule has 0 aliphatic carbocycles. The van der Waals surface area contributed by atoms with Crippen LogP contribution in [-0.2, 0) is 13.1 Å². The number of benzene rings is 1. The predicted molar refractivity (Wildman–Crippen MR) is 68.3 cm³/mol. The molecule has 18 heavy (non-hydrogen) atoms. The van der Waals surface area contributed by atoms with Gasteiger partial charge in [0.15, 0.2) is 0 Å². The number of aromatic nitrogens is 3. The Kier molecular flexibility index (Phi) is 2.80. The first-order valence-electron chi connectivity index (χ1n) is 6.10. The van der Waals surface area contributed by atoms with E-state index in [1.165, 1.54) is 5.56 Å². The number of nitrogens with zero attached hydrogens (tertiary/aromatic N) is 4. The summed E-state index contributed by atoms with van der Waals surface area (Å²) in [6, 6.07) is 8.15. The third-order valence-electron chi connectivity index (χ3n) is 3.24. The second kappa shape index (κ2) is 4.60. The van der Waals surface area contributed by atoms with Crippen molar-refractivity contribution in [3.05, 3.63) is 47.8 Å². The molecule has 0 spiro atoms. The van der Waals surface area contributed by atoms with Gasteiger partial charge in [0.1, 0.15) is 5.84 Å². The zero-order valence-electron chi connectivity index (χ0n) is 10.1. The highest BCUT2D eigenvalue weighted by molar-refractivity contribution is 6.00. The van der Waals surface area contributed by atoms with Crippen molar-refractivity contribution in [2.24, 2.45) is 0 Å². The summed E-state index contributed by atoms with van der Waals surface area (Å²) in [6.07, 6.45) is 4.53. The fourth-order valence-electron chi connectivity index (χ4n) is 2.31. The van der Waals surface area contributed by atoms with Crippen molar-refractivity contribution in [3.8, 4) is 0 Å². The minimum absolute atomic E-state index is 0.643. The van der Waals surface area contributed by atoms with E-state index in [-0.39, 0.29) is 0 Å². The van der Waals surface area contributed by atoms with Crippen LogP contribution in [0.5, 0.6) is 0 Å². The van der Waals surface area contributed by atoms with Gasteiger partial charge >= 0.3 is 0 Å². The third-order valence-corrected chi connectivity index (χ3v) is 3.24. The van der Waals surface area contributed by atoms with Crippen molar-refractivity contribution in [1.29, 1.82) is 5.41 Å². The lowest BCUT2D eigenvalue weighted by molar-refractivity contribution is 0.395. The molecule has 1 aromatic heterocycles. The average molecular weight is 241 g/mol. The molecular formula is C13H15N5. The quantitative estimate of drug-likeness (QED) is 0.882. The molecule has 0 fully saturated rings. The van der Waals surface area contributed by atoms with Crippen LogP contribution >= 0.6 is 0 Å². The summed E-state index contributed by atoms with van der Waals surface area (Å²) in [5.74, 6) is 0.643. The van der Waals surface area contributed by atoms with E-state index in [1.807, 2.05) is 29.1 Å². The first kappa shape index (κ1) is 11.0. The highest BCUT2D eigenvalue weighted by atomic mass is 15.4. The molecule has 1 aliphatic heterocycles. The van der Waals surface area contributed by atoms with Crippen LogP contribution in [0.2, 0.25) is 0 Å². The Hall–Kier alpha value is -2.17. The van der Waals surface area contributed by atoms with Crippen molar-refractivity contribution in [2.45, 2.75) is 19.5 Å². The Morgan fingerprint density at radius 3 is 2.89 bits per heavy atom. The Morgan fingerprint density at radius 1 is 1.22 bits per heavy atom. The maximum Gasteiger partial charge on any atom is 0.128 e. The highest BCUT2D eigenvalue weighted by Crippen LogP contribution is 2.22. The fraction of sp³-hybridized carbons (Fsp3) is 0.308. The van der Waals surface area contributed by atoms with Crippen LogP contribution in [0.4, 0.5) is 0 Å². The molecule has 92 valence electrons. The lowest BCUT2D eigenvalue weighted by atomic mass is 10.1. The first-order chi connectivity index (χ1) is 8.84. The van der Waals surface area contributed by atoms with E-state index in [1.54, 1.807) is 6.20 Å². The van der Waals surface area contributed by atoms with Gasteiger partial charge in [0, 0.05) is 31.4 Å². The molecule has 0 bridgehead atoms. The number of fused-ring (bicyclic) bond motifs is 1. The van der Waals surface area contributed by atoms with Crippen LogP contribution in [0, 0.1) is 5.41 Å². The minimum Gasteiger partial charge on any atom is -0.352 e. The molecule has 0 saturated carbocycles. The van der Waals surface area contributed by atoms with Crippen molar-refractivity contribution < 1.29 is 0 Å². The first-order valence-corrected chi connectivity index (χ1v) is 6.10. The van der Waals surface area contributed by atoms with Crippen LogP contribution < -0.4 is 0 Å². The number of amidine groups is 1. The van der Waals surface area contributed by atoms with Crippen LogP contribution in [-0.4, -0.2) is 32.3 Å². The maximum absolute atomic E-state index is 8.13. The van der Waals surface area contributed by atoms with Gasteiger partial charge in [-0.15, -0.1) is 5.10 Å². The van der Waals surface area contributed by atoms with E-state index >= 15 is 0 Å². The summed E-state index contributed by atoms with van der Waals surface area (Å²) in [6.45, 7) is 2.58. The smallest absolute Gasteiger partial charge is 0.128 e. The second-order valence-electron chi connectivity index (χ2n) is 4.45. The molecule has 1 aromatic carbocycles. The molecule has 5 heteroatoms. The van der Waals surface area contributed by atoms with Gasteiger partial charge in [0.25, 0.3) is 0 Å². The summed E-state index contributed by atoms with van der Waals surface area (Å²) in [4.78, 5) is 2.11. The van der Waals surface area contributed by atoms with E-state index in [2.05, 4.69) is 21.3 Å². The van der Waals surface area contributed by atoms with Crippen LogP contribution in [0.3, 0.4) is 0 Å². The normalized spacial score (nSPS) is 14.0. The van der Waals surface area contributed by atoms with Gasteiger partial charge in [-0.25, -0.2) is 0 Å². The van der Waals surface area contributed by atoms with Gasteiger partial charge in [-0.1, -0.05) is 29.5 Å². The fourth-order valence-corrected chi connectivity index (χ4v) is 2.31. The third kappa shape index (κ3) is 1.99. The number of nitrogens with one attached hydrogen (secondary N) is 1. The largest absolute Gasteiger partial charge is 0.352 e. The second-order valence-corrected chi connectivity index (χ2v) is 4.45. The van der Waals surface area contributed by atoms with Gasteiger partial charge in [0.05, 0.1) is 6.20 Å². The molecule has 2 aromatic rings. The molecule has 0 atom stereocenters. The molecule has 3 rings (SSSR count). The maximum atomic E-state index is 8.13. The number of hydrogen-bond donors (Lipinski definition) is 1. The molecule has 0 saturated heterocycles. The van der Waals surface area contributed by atoms with Gasteiger partial charge in [-0.2, -0.15) is 0 Å². The number of aryl methyl sites for hydroxylation is 1. The standard InChI is InChI=1S/C13H15N5/c14-13-12-5-2-1-4-11(12)10-17(13)7-3-8-18-9-6-15-16-18/h1-2,4-6,9,14H,3,7-8,10H2. The molecule has 5 nitrogen and oxygen atoms in total. The zero-order valence-corrected chi connectivity index (χ0v) is 10.1. The summed E-state index contributed by atoms with van der Waals surface area (Å²) in [7, 11) is 0. The number of rotatable bonds is 4. The van der Waals surface area contributed by atoms with E-state index in [9.17, 15) is 0 Å². The SMILES string of the molecule is N=C1c2ccccc2CN1CCCn1ccnn1. The lowest BCUT2D eigenvalue weighted by Gasteiger charge is -2.17. The molecule has 2 heterocycles. The molecule has 1 aliphatic rings. The Morgan fingerprint density at radius 2 is 2.11 bits per heavy atom. The predicted octanol–water partition coefficient (Wildman–Crippen LogP) is 1.51. The Balaban J connectivity index is 1.58. The lowest BCUT2D eigenvalue weighted by Crippen LogP contribution is -2.25. The van der Waals surface area contributed by atoms with Crippen molar-refractivity contribution >= 4 is 5.84 Å². The van der Waals surface area contributed by atoms with Crippen LogP contribution in [0.25, 0.3) is 0 Å².